The van der Waals surface area contributed by atoms with E-state index in [0.29, 0.717) is 0 Å². The fourth-order valence-corrected chi connectivity index (χ4v) is 7.63. The van der Waals surface area contributed by atoms with Crippen LogP contribution in [0.25, 0.3) is 66.1 Å². The normalized spacial score (nSPS) is 13.3. The molecule has 7 aromatic carbocycles. The van der Waals surface area contributed by atoms with Gasteiger partial charge < -0.3 is 0 Å². The highest BCUT2D eigenvalue weighted by atomic mass is 14.4. The molecule has 0 aliphatic heterocycles. The van der Waals surface area contributed by atoms with E-state index in [2.05, 4.69) is 161 Å². The Labute approximate surface area is 254 Å². The number of aryl methyl sites for hydroxylation is 2. The van der Waals surface area contributed by atoms with Crippen molar-refractivity contribution in [2.45, 2.75) is 33.1 Å². The molecule has 43 heavy (non-hydrogen) atoms. The largest absolute Gasteiger partial charge is 0.0622 e. The minimum atomic E-state index is -0.0539. The third kappa shape index (κ3) is 3.83. The maximum absolute atomic E-state index is 2.44. The molecule has 0 heterocycles. The Kier molecular flexibility index (Phi) is 5.71. The van der Waals surface area contributed by atoms with Gasteiger partial charge in [0.25, 0.3) is 0 Å². The summed E-state index contributed by atoms with van der Waals surface area (Å²) in [6, 6.07) is 49.7. The Hall–Kier alpha value is -4.94. The average Bonchev–Trinajstić information content (AvgIpc) is 3.27. The van der Waals surface area contributed by atoms with E-state index in [1.54, 1.807) is 0 Å². The molecule has 0 radical (unpaired) electrons. The van der Waals surface area contributed by atoms with Gasteiger partial charge in [-0.2, -0.15) is 0 Å². The van der Waals surface area contributed by atoms with Gasteiger partial charge >= 0.3 is 0 Å². The van der Waals surface area contributed by atoms with E-state index >= 15 is 0 Å². The maximum atomic E-state index is 2.44. The van der Waals surface area contributed by atoms with E-state index in [0.717, 1.165) is 0 Å². The third-order valence-corrected chi connectivity index (χ3v) is 9.66. The van der Waals surface area contributed by atoms with Crippen molar-refractivity contribution in [3.63, 3.8) is 0 Å². The standard InChI is InChI=1S/C43H34/c1-27-21-23-31(28(2)25-27)40-32-15-8-9-16-33(32)41(37-26-30(22-24-34(37)40)29-13-6-5-7-14-29)36-18-12-20-39-42(36)35-17-10-11-19-38(35)43(39,3)4/h5-26H,1-4H3. The van der Waals surface area contributed by atoms with Crippen LogP contribution in [0.2, 0.25) is 0 Å². The van der Waals surface area contributed by atoms with Crippen molar-refractivity contribution in [2.75, 3.05) is 0 Å². The van der Waals surface area contributed by atoms with Gasteiger partial charge in [0.2, 0.25) is 0 Å². The van der Waals surface area contributed by atoms with E-state index in [1.807, 2.05) is 0 Å². The lowest BCUT2D eigenvalue weighted by molar-refractivity contribution is 0.660. The SMILES string of the molecule is Cc1ccc(-c2c3ccccc3c(-c3cccc4c3-c3ccccc3C4(C)C)c3cc(-c4ccccc4)ccc23)c(C)c1. The summed E-state index contributed by atoms with van der Waals surface area (Å²) in [5.74, 6) is 0. The first kappa shape index (κ1) is 25.7. The smallest absolute Gasteiger partial charge is 0.0159 e. The molecule has 206 valence electrons. The molecule has 0 nitrogen and oxygen atoms in total. The summed E-state index contributed by atoms with van der Waals surface area (Å²) >= 11 is 0. The first-order valence-corrected chi connectivity index (χ1v) is 15.3. The first-order valence-electron chi connectivity index (χ1n) is 15.3. The van der Waals surface area contributed by atoms with Gasteiger partial charge in [-0.05, 0) is 103 Å². The van der Waals surface area contributed by atoms with Crippen LogP contribution >= 0.6 is 0 Å². The Morgan fingerprint density at radius 1 is 0.395 bits per heavy atom. The van der Waals surface area contributed by atoms with Crippen LogP contribution in [0.5, 0.6) is 0 Å². The molecular weight excluding hydrogens is 516 g/mol. The molecule has 0 atom stereocenters. The zero-order valence-corrected chi connectivity index (χ0v) is 25.2. The van der Waals surface area contributed by atoms with Crippen molar-refractivity contribution in [1.29, 1.82) is 0 Å². The van der Waals surface area contributed by atoms with Crippen LogP contribution in [-0.2, 0) is 5.41 Å². The topological polar surface area (TPSA) is 0 Å². The Morgan fingerprint density at radius 3 is 1.79 bits per heavy atom. The molecule has 0 amide bonds. The summed E-state index contributed by atoms with van der Waals surface area (Å²) < 4.78 is 0. The van der Waals surface area contributed by atoms with Gasteiger partial charge in [0, 0.05) is 5.41 Å². The molecule has 8 rings (SSSR count). The lowest BCUT2D eigenvalue weighted by atomic mass is 9.80. The number of hydrogen-bond donors (Lipinski definition) is 0. The molecule has 0 spiro atoms. The zero-order chi connectivity index (χ0) is 29.3. The highest BCUT2D eigenvalue weighted by molar-refractivity contribution is 6.23. The maximum Gasteiger partial charge on any atom is 0.0159 e. The van der Waals surface area contributed by atoms with Crippen LogP contribution in [0.1, 0.15) is 36.1 Å². The van der Waals surface area contributed by atoms with Crippen LogP contribution < -0.4 is 0 Å². The van der Waals surface area contributed by atoms with Gasteiger partial charge in [-0.15, -0.1) is 0 Å². The summed E-state index contributed by atoms with van der Waals surface area (Å²) in [4.78, 5) is 0. The second-order valence-electron chi connectivity index (χ2n) is 12.6. The Balaban J connectivity index is 1.56. The highest BCUT2D eigenvalue weighted by Crippen LogP contribution is 2.54. The number of rotatable bonds is 3. The van der Waals surface area contributed by atoms with Crippen molar-refractivity contribution in [3.8, 4) is 44.5 Å². The number of benzene rings is 7. The van der Waals surface area contributed by atoms with Crippen molar-refractivity contribution >= 4 is 21.5 Å². The fraction of sp³-hybridized carbons (Fsp3) is 0.116. The molecule has 0 saturated carbocycles. The number of fused-ring (bicyclic) bond motifs is 5. The predicted octanol–water partition coefficient (Wildman–Crippen LogP) is 11.9. The molecule has 0 bridgehead atoms. The van der Waals surface area contributed by atoms with E-state index in [9.17, 15) is 0 Å². The third-order valence-electron chi connectivity index (χ3n) is 9.66. The Bertz CT molecular complexity index is 2210. The second-order valence-corrected chi connectivity index (χ2v) is 12.6. The van der Waals surface area contributed by atoms with Crippen molar-refractivity contribution in [2.24, 2.45) is 0 Å². The monoisotopic (exact) mass is 550 g/mol. The second kappa shape index (κ2) is 9.54. The van der Waals surface area contributed by atoms with Gasteiger partial charge in [0.15, 0.2) is 0 Å². The molecule has 1 aliphatic carbocycles. The van der Waals surface area contributed by atoms with E-state index in [-0.39, 0.29) is 5.41 Å². The molecule has 7 aromatic rings. The van der Waals surface area contributed by atoms with Crippen LogP contribution in [0.3, 0.4) is 0 Å². The molecule has 0 aromatic heterocycles. The van der Waals surface area contributed by atoms with Crippen molar-refractivity contribution in [1.82, 2.24) is 0 Å². The van der Waals surface area contributed by atoms with Crippen LogP contribution in [0.15, 0.2) is 133 Å². The summed E-state index contributed by atoms with van der Waals surface area (Å²) in [6.45, 7) is 9.17. The van der Waals surface area contributed by atoms with Crippen molar-refractivity contribution < 1.29 is 0 Å². The van der Waals surface area contributed by atoms with Gasteiger partial charge in [0.1, 0.15) is 0 Å². The van der Waals surface area contributed by atoms with Crippen molar-refractivity contribution in [3.05, 3.63) is 156 Å². The lowest BCUT2D eigenvalue weighted by Crippen LogP contribution is -2.14. The fourth-order valence-electron chi connectivity index (χ4n) is 7.63. The zero-order valence-electron chi connectivity index (χ0n) is 25.2. The van der Waals surface area contributed by atoms with Crippen LogP contribution in [0, 0.1) is 13.8 Å². The van der Waals surface area contributed by atoms with Crippen LogP contribution in [-0.4, -0.2) is 0 Å². The summed E-state index contributed by atoms with van der Waals surface area (Å²) in [5.41, 5.74) is 15.8. The van der Waals surface area contributed by atoms with E-state index in [1.165, 1.54) is 88.3 Å². The van der Waals surface area contributed by atoms with Gasteiger partial charge in [-0.3, -0.25) is 0 Å². The lowest BCUT2D eigenvalue weighted by Gasteiger charge is -2.23. The minimum absolute atomic E-state index is 0.0539. The van der Waals surface area contributed by atoms with Gasteiger partial charge in [-0.25, -0.2) is 0 Å². The quantitative estimate of drug-likeness (QED) is 0.192. The Morgan fingerprint density at radius 2 is 1.02 bits per heavy atom. The molecule has 0 unspecified atom stereocenters. The summed E-state index contributed by atoms with van der Waals surface area (Å²) in [6.07, 6.45) is 0. The van der Waals surface area contributed by atoms with E-state index < -0.39 is 0 Å². The molecule has 0 fully saturated rings. The summed E-state index contributed by atoms with van der Waals surface area (Å²) in [5, 5.41) is 5.19. The summed E-state index contributed by atoms with van der Waals surface area (Å²) in [7, 11) is 0. The minimum Gasteiger partial charge on any atom is -0.0622 e. The van der Waals surface area contributed by atoms with Gasteiger partial charge in [-0.1, -0.05) is 147 Å². The molecule has 0 heteroatoms. The molecule has 0 N–H and O–H groups in total. The first-order chi connectivity index (χ1) is 20.9. The highest BCUT2D eigenvalue weighted by Gasteiger charge is 2.37. The molecular formula is C43H34. The average molecular weight is 551 g/mol. The molecule has 0 saturated heterocycles. The van der Waals surface area contributed by atoms with E-state index in [4.69, 9.17) is 0 Å². The predicted molar refractivity (Wildman–Crippen MR) is 185 cm³/mol. The number of hydrogen-bond acceptors (Lipinski definition) is 0. The molecule has 1 aliphatic rings. The van der Waals surface area contributed by atoms with Crippen LogP contribution in [0.4, 0.5) is 0 Å². The van der Waals surface area contributed by atoms with Gasteiger partial charge in [0.05, 0.1) is 0 Å².